The van der Waals surface area contributed by atoms with E-state index in [1.165, 1.54) is 0 Å². The molecule has 120 valence electrons. The Kier molecular flexibility index (Phi) is 15.1. The highest BCUT2D eigenvalue weighted by molar-refractivity contribution is 5.74. The molecule has 2 atom stereocenters. The van der Waals surface area contributed by atoms with Crippen molar-refractivity contribution in [1.82, 2.24) is 0 Å². The summed E-state index contributed by atoms with van der Waals surface area (Å²) in [6.07, 6.45) is 0.358. The standard InChI is InChI=1S/2C7H14O3/c1-4-9-6(3)7(8)10-5-2;1-4-6(3)7(8)10-9-5-2/h2*6H,4-5H2,1-3H3. The van der Waals surface area contributed by atoms with Crippen LogP contribution in [0, 0.1) is 5.92 Å². The number of carbonyl (C=O) groups is 2. The summed E-state index contributed by atoms with van der Waals surface area (Å²) in [4.78, 5) is 30.4. The second-order valence-corrected chi connectivity index (χ2v) is 3.97. The Morgan fingerprint density at radius 1 is 0.900 bits per heavy atom. The van der Waals surface area contributed by atoms with Crippen LogP contribution < -0.4 is 0 Å². The van der Waals surface area contributed by atoms with Crippen LogP contribution in [0.25, 0.3) is 0 Å². The Morgan fingerprint density at radius 2 is 1.50 bits per heavy atom. The van der Waals surface area contributed by atoms with E-state index in [2.05, 4.69) is 9.78 Å². The van der Waals surface area contributed by atoms with Crippen LogP contribution >= 0.6 is 0 Å². The predicted octanol–water partition coefficient (Wildman–Crippen LogP) is 2.50. The third-order valence-electron chi connectivity index (χ3n) is 2.31. The predicted molar refractivity (Wildman–Crippen MR) is 74.9 cm³/mol. The van der Waals surface area contributed by atoms with Gasteiger partial charge in [-0.15, -0.1) is 0 Å². The van der Waals surface area contributed by atoms with Crippen LogP contribution in [0.5, 0.6) is 0 Å². The van der Waals surface area contributed by atoms with Crippen molar-refractivity contribution in [1.29, 1.82) is 0 Å². The molecule has 2 unspecified atom stereocenters. The quantitative estimate of drug-likeness (QED) is 0.389. The summed E-state index contributed by atoms with van der Waals surface area (Å²) in [6, 6.07) is 0. The maximum atomic E-state index is 10.8. The first-order chi connectivity index (χ1) is 9.44. The lowest BCUT2D eigenvalue weighted by molar-refractivity contribution is -0.273. The monoisotopic (exact) mass is 292 g/mol. The second-order valence-electron chi connectivity index (χ2n) is 3.97. The minimum absolute atomic E-state index is 0.0634. The molecule has 0 aromatic carbocycles. The Hall–Kier alpha value is -1.14. The molecule has 0 aliphatic carbocycles. The van der Waals surface area contributed by atoms with Gasteiger partial charge in [-0.25, -0.2) is 9.59 Å². The highest BCUT2D eigenvalue weighted by Gasteiger charge is 2.12. The van der Waals surface area contributed by atoms with Crippen molar-refractivity contribution in [2.24, 2.45) is 5.92 Å². The molecule has 0 aromatic rings. The van der Waals surface area contributed by atoms with E-state index in [1.54, 1.807) is 27.7 Å². The molecule has 0 heterocycles. The topological polar surface area (TPSA) is 71.1 Å². The zero-order valence-electron chi connectivity index (χ0n) is 13.4. The summed E-state index contributed by atoms with van der Waals surface area (Å²) in [7, 11) is 0. The largest absolute Gasteiger partial charge is 0.464 e. The highest BCUT2D eigenvalue weighted by atomic mass is 17.2. The van der Waals surface area contributed by atoms with Crippen molar-refractivity contribution in [3.8, 4) is 0 Å². The number of hydrogen-bond acceptors (Lipinski definition) is 6. The van der Waals surface area contributed by atoms with E-state index in [-0.39, 0.29) is 17.9 Å². The van der Waals surface area contributed by atoms with Crippen LogP contribution in [0.15, 0.2) is 0 Å². The van der Waals surface area contributed by atoms with Crippen molar-refractivity contribution in [2.45, 2.75) is 54.1 Å². The van der Waals surface area contributed by atoms with E-state index >= 15 is 0 Å². The molecular formula is C14H28O6. The van der Waals surface area contributed by atoms with Crippen LogP contribution in [0.3, 0.4) is 0 Å². The van der Waals surface area contributed by atoms with E-state index in [1.807, 2.05) is 13.8 Å². The van der Waals surface area contributed by atoms with E-state index in [4.69, 9.17) is 9.47 Å². The van der Waals surface area contributed by atoms with Gasteiger partial charge in [0.1, 0.15) is 0 Å². The molecule has 20 heavy (non-hydrogen) atoms. The number of rotatable bonds is 8. The first-order valence-electron chi connectivity index (χ1n) is 7.05. The van der Waals surface area contributed by atoms with Crippen LogP contribution in [-0.4, -0.2) is 37.9 Å². The Morgan fingerprint density at radius 3 is 1.90 bits per heavy atom. The molecule has 0 aromatic heterocycles. The van der Waals surface area contributed by atoms with E-state index < -0.39 is 6.10 Å². The maximum Gasteiger partial charge on any atom is 0.345 e. The number of ether oxygens (including phenoxy) is 2. The SMILES string of the molecule is CCOC(=O)C(C)OCC.CCOOC(=O)C(C)CC. The normalized spacial score (nSPS) is 12.7. The molecule has 0 rings (SSSR count). The lowest BCUT2D eigenvalue weighted by Gasteiger charge is -2.08. The van der Waals surface area contributed by atoms with Gasteiger partial charge in [-0.1, -0.05) is 13.8 Å². The fourth-order valence-corrected chi connectivity index (χ4v) is 0.943. The van der Waals surface area contributed by atoms with Gasteiger partial charge < -0.3 is 9.47 Å². The fraction of sp³-hybridized carbons (Fsp3) is 0.857. The highest BCUT2D eigenvalue weighted by Crippen LogP contribution is 2.02. The van der Waals surface area contributed by atoms with Gasteiger partial charge in [0.05, 0.1) is 19.1 Å². The average molecular weight is 292 g/mol. The zero-order chi connectivity index (χ0) is 16.0. The van der Waals surface area contributed by atoms with Crippen molar-refractivity contribution in [3.63, 3.8) is 0 Å². The van der Waals surface area contributed by atoms with Crippen molar-refractivity contribution in [3.05, 3.63) is 0 Å². The number of esters is 1. The van der Waals surface area contributed by atoms with Gasteiger partial charge in [0.15, 0.2) is 6.10 Å². The molecule has 0 saturated heterocycles. The molecule has 0 bridgehead atoms. The van der Waals surface area contributed by atoms with E-state index in [0.29, 0.717) is 19.8 Å². The minimum atomic E-state index is -0.426. The summed E-state index contributed by atoms with van der Waals surface area (Å²) in [5.41, 5.74) is 0. The zero-order valence-corrected chi connectivity index (χ0v) is 13.4. The molecule has 0 amide bonds. The summed E-state index contributed by atoms with van der Waals surface area (Å²) >= 11 is 0. The Balaban J connectivity index is 0. The van der Waals surface area contributed by atoms with E-state index in [9.17, 15) is 9.59 Å². The average Bonchev–Trinajstić information content (AvgIpc) is 2.45. The molecular weight excluding hydrogens is 264 g/mol. The molecule has 0 N–H and O–H groups in total. The summed E-state index contributed by atoms with van der Waals surface area (Å²) in [6.45, 7) is 12.2. The van der Waals surface area contributed by atoms with Crippen LogP contribution in [0.2, 0.25) is 0 Å². The molecule has 0 saturated carbocycles. The number of hydrogen-bond donors (Lipinski definition) is 0. The Bertz CT molecular complexity index is 252. The van der Waals surface area contributed by atoms with Crippen LogP contribution in [-0.2, 0) is 28.8 Å². The first kappa shape index (κ1) is 21.2. The third kappa shape index (κ3) is 11.9. The molecule has 0 spiro atoms. The van der Waals surface area contributed by atoms with Gasteiger partial charge in [-0.05, 0) is 34.1 Å². The lowest BCUT2D eigenvalue weighted by Crippen LogP contribution is -2.23. The first-order valence-corrected chi connectivity index (χ1v) is 7.05. The van der Waals surface area contributed by atoms with Gasteiger partial charge >= 0.3 is 11.9 Å². The summed E-state index contributed by atoms with van der Waals surface area (Å²) < 4.78 is 9.67. The Labute approximate surface area is 121 Å². The smallest absolute Gasteiger partial charge is 0.345 e. The van der Waals surface area contributed by atoms with Crippen LogP contribution in [0.1, 0.15) is 48.0 Å². The third-order valence-corrected chi connectivity index (χ3v) is 2.31. The summed E-state index contributed by atoms with van der Waals surface area (Å²) in [5.74, 6) is -0.639. The molecule has 0 aliphatic heterocycles. The van der Waals surface area contributed by atoms with Crippen molar-refractivity contribution < 1.29 is 28.8 Å². The second kappa shape index (κ2) is 14.3. The van der Waals surface area contributed by atoms with Gasteiger partial charge in [0, 0.05) is 6.61 Å². The van der Waals surface area contributed by atoms with E-state index in [0.717, 1.165) is 6.42 Å². The fourth-order valence-electron chi connectivity index (χ4n) is 0.943. The molecule has 0 radical (unpaired) electrons. The van der Waals surface area contributed by atoms with Gasteiger partial charge in [0.25, 0.3) is 0 Å². The maximum absolute atomic E-state index is 10.8. The number of carbonyl (C=O) groups excluding carboxylic acids is 2. The van der Waals surface area contributed by atoms with Crippen molar-refractivity contribution >= 4 is 11.9 Å². The molecule has 0 fully saturated rings. The molecule has 0 aliphatic rings. The van der Waals surface area contributed by atoms with Gasteiger partial charge in [0.2, 0.25) is 0 Å². The lowest BCUT2D eigenvalue weighted by atomic mass is 10.1. The van der Waals surface area contributed by atoms with Crippen LogP contribution in [0.4, 0.5) is 0 Å². The minimum Gasteiger partial charge on any atom is -0.464 e. The molecule has 6 heteroatoms. The van der Waals surface area contributed by atoms with Gasteiger partial charge in [-0.3, -0.25) is 4.89 Å². The van der Waals surface area contributed by atoms with Crippen molar-refractivity contribution in [2.75, 3.05) is 19.8 Å². The van der Waals surface area contributed by atoms with Gasteiger partial charge in [-0.2, -0.15) is 4.89 Å². The summed E-state index contributed by atoms with van der Waals surface area (Å²) in [5, 5.41) is 0. The molecule has 6 nitrogen and oxygen atoms in total.